The van der Waals surface area contributed by atoms with Crippen molar-refractivity contribution in [3.8, 4) is 5.75 Å². The third kappa shape index (κ3) is 4.40. The molecule has 1 nitrogen and oxygen atoms in total. The van der Waals surface area contributed by atoms with Gasteiger partial charge in [-0.05, 0) is 0 Å². The van der Waals surface area contributed by atoms with Gasteiger partial charge >= 0.3 is 140 Å². The molecule has 0 amide bonds. The van der Waals surface area contributed by atoms with Crippen LogP contribution in [-0.2, 0) is 6.42 Å². The molecule has 1 N–H and O–H groups in total. The molecule has 2 unspecified atom stereocenters. The van der Waals surface area contributed by atoms with Crippen molar-refractivity contribution in [3.63, 3.8) is 0 Å². The number of rotatable bonds is 5. The molecule has 22 heavy (non-hydrogen) atoms. The van der Waals surface area contributed by atoms with Crippen molar-refractivity contribution in [3.05, 3.63) is 65.7 Å². The molecular weight excluding hydrogens is 331 g/mol. The van der Waals surface area contributed by atoms with Crippen LogP contribution in [0.1, 0.15) is 42.7 Å². The van der Waals surface area contributed by atoms with Crippen molar-refractivity contribution in [1.29, 1.82) is 0 Å². The molecule has 1 fully saturated rings. The Kier molecular flexibility index (Phi) is 5.62. The van der Waals surface area contributed by atoms with E-state index in [1.165, 1.54) is 48.4 Å². The van der Waals surface area contributed by atoms with E-state index in [4.69, 9.17) is 0 Å². The van der Waals surface area contributed by atoms with Gasteiger partial charge in [-0.3, -0.25) is 0 Å². The molecule has 1 saturated carbocycles. The standard InChI is InChI=1S/C20H24AsO/c22-20-11-5-9-18(15-20)17-8-4-10-19(14-17)21-13-12-16-6-2-1-3-7-16/h1-3,5-7,9,11,15,17,19,22H,4,8,10,12-14H2. The Morgan fingerprint density at radius 1 is 1.00 bits per heavy atom. The minimum atomic E-state index is 0.414. The molecule has 1 aliphatic carbocycles. The first-order valence-corrected chi connectivity index (χ1v) is 10.7. The Bertz CT molecular complexity index is 581. The molecular formula is C20H24AsO. The second-order valence-corrected chi connectivity index (χ2v) is 9.49. The average molecular weight is 355 g/mol. The number of phenols is 1. The van der Waals surface area contributed by atoms with Crippen LogP contribution in [0, 0.1) is 0 Å². The van der Waals surface area contributed by atoms with Gasteiger partial charge in [-0.15, -0.1) is 0 Å². The van der Waals surface area contributed by atoms with E-state index in [-0.39, 0.29) is 0 Å². The average Bonchev–Trinajstić information content (AvgIpc) is 2.56. The molecule has 0 heterocycles. The fourth-order valence-corrected chi connectivity index (χ4v) is 6.62. The number of aryl methyl sites for hydroxylation is 1. The molecule has 0 saturated heterocycles. The molecule has 2 heteroatoms. The molecule has 2 aromatic carbocycles. The second kappa shape index (κ2) is 7.88. The van der Waals surface area contributed by atoms with Gasteiger partial charge in [0.1, 0.15) is 0 Å². The predicted octanol–water partition coefficient (Wildman–Crippen LogP) is 5.20. The summed E-state index contributed by atoms with van der Waals surface area (Å²) in [6, 6.07) is 18.8. The molecule has 115 valence electrons. The zero-order chi connectivity index (χ0) is 15.2. The molecule has 0 spiro atoms. The first kappa shape index (κ1) is 15.7. The number of benzene rings is 2. The van der Waals surface area contributed by atoms with Crippen LogP contribution >= 0.6 is 0 Å². The maximum atomic E-state index is 9.68. The van der Waals surface area contributed by atoms with Crippen LogP contribution < -0.4 is 0 Å². The summed E-state index contributed by atoms with van der Waals surface area (Å²) in [5.74, 6) is 1.08. The summed E-state index contributed by atoms with van der Waals surface area (Å²) in [5.41, 5.74) is 2.83. The van der Waals surface area contributed by atoms with E-state index in [0.29, 0.717) is 27.4 Å². The van der Waals surface area contributed by atoms with Crippen molar-refractivity contribution in [2.45, 2.75) is 47.9 Å². The molecule has 1 aliphatic rings. The third-order valence-electron chi connectivity index (χ3n) is 4.62. The molecule has 2 aromatic rings. The number of aromatic hydroxyl groups is 1. The topological polar surface area (TPSA) is 20.2 Å². The van der Waals surface area contributed by atoms with Gasteiger partial charge in [0.15, 0.2) is 0 Å². The van der Waals surface area contributed by atoms with Crippen LogP contribution in [0.25, 0.3) is 0 Å². The predicted molar refractivity (Wildman–Crippen MR) is 93.8 cm³/mol. The van der Waals surface area contributed by atoms with Gasteiger partial charge in [-0.25, -0.2) is 0 Å². The van der Waals surface area contributed by atoms with Crippen LogP contribution in [0.3, 0.4) is 0 Å². The van der Waals surface area contributed by atoms with Crippen molar-refractivity contribution in [2.24, 2.45) is 0 Å². The molecule has 1 radical (unpaired) electrons. The fourth-order valence-electron chi connectivity index (χ4n) is 3.43. The Morgan fingerprint density at radius 3 is 2.68 bits per heavy atom. The number of hydrogen-bond donors (Lipinski definition) is 1. The number of hydrogen-bond acceptors (Lipinski definition) is 1. The van der Waals surface area contributed by atoms with E-state index in [2.05, 4.69) is 36.4 Å². The number of phenolic OH excluding ortho intramolecular Hbond substituents is 1. The van der Waals surface area contributed by atoms with Crippen LogP contribution in [0.15, 0.2) is 54.6 Å². The van der Waals surface area contributed by atoms with E-state index >= 15 is 0 Å². The van der Waals surface area contributed by atoms with Gasteiger partial charge in [0.2, 0.25) is 0 Å². The van der Waals surface area contributed by atoms with Gasteiger partial charge in [-0.1, -0.05) is 0 Å². The van der Waals surface area contributed by atoms with Crippen LogP contribution in [0.5, 0.6) is 5.75 Å². The molecule has 2 atom stereocenters. The van der Waals surface area contributed by atoms with E-state index in [1.807, 2.05) is 12.1 Å². The Balaban J connectivity index is 1.50. The van der Waals surface area contributed by atoms with E-state index < -0.39 is 0 Å². The van der Waals surface area contributed by atoms with E-state index in [0.717, 1.165) is 4.71 Å². The van der Waals surface area contributed by atoms with Crippen molar-refractivity contribution in [1.82, 2.24) is 0 Å². The first-order valence-electron chi connectivity index (χ1n) is 8.31. The normalized spacial score (nSPS) is 22.2. The minimum absolute atomic E-state index is 0.414. The summed E-state index contributed by atoms with van der Waals surface area (Å²) in [4.78, 5) is 0. The zero-order valence-corrected chi connectivity index (χ0v) is 14.9. The summed E-state index contributed by atoms with van der Waals surface area (Å²) >= 11 is 0.443. The van der Waals surface area contributed by atoms with Crippen molar-refractivity contribution < 1.29 is 5.11 Å². The van der Waals surface area contributed by atoms with E-state index in [1.54, 1.807) is 6.07 Å². The summed E-state index contributed by atoms with van der Waals surface area (Å²) < 4.78 is 0.945. The van der Waals surface area contributed by atoms with Gasteiger partial charge in [0.05, 0.1) is 0 Å². The van der Waals surface area contributed by atoms with E-state index in [9.17, 15) is 5.11 Å². The summed E-state index contributed by atoms with van der Waals surface area (Å²) in [6.07, 6.45) is 6.64. The SMILES string of the molecule is Oc1cccc(C2CCCC([As]CCc3ccccc3)C2)c1. The molecule has 0 bridgehead atoms. The van der Waals surface area contributed by atoms with Crippen LogP contribution in [0.2, 0.25) is 9.91 Å². The van der Waals surface area contributed by atoms with Crippen molar-refractivity contribution >= 4 is 15.8 Å². The van der Waals surface area contributed by atoms with Crippen molar-refractivity contribution in [2.75, 3.05) is 0 Å². The first-order chi connectivity index (χ1) is 10.8. The van der Waals surface area contributed by atoms with Crippen LogP contribution in [-0.4, -0.2) is 20.9 Å². The van der Waals surface area contributed by atoms with Crippen LogP contribution in [0.4, 0.5) is 0 Å². The Morgan fingerprint density at radius 2 is 1.86 bits per heavy atom. The monoisotopic (exact) mass is 355 g/mol. The van der Waals surface area contributed by atoms with Gasteiger partial charge < -0.3 is 0 Å². The fraction of sp³-hybridized carbons (Fsp3) is 0.400. The second-order valence-electron chi connectivity index (χ2n) is 6.25. The summed E-state index contributed by atoms with van der Waals surface area (Å²) in [7, 11) is 0. The summed E-state index contributed by atoms with van der Waals surface area (Å²) in [6.45, 7) is 0. The zero-order valence-electron chi connectivity index (χ0n) is 13.0. The van der Waals surface area contributed by atoms with Gasteiger partial charge in [0.25, 0.3) is 0 Å². The molecule has 0 aliphatic heterocycles. The maximum absolute atomic E-state index is 9.68. The molecule has 0 aromatic heterocycles. The molecule has 3 rings (SSSR count). The quantitative estimate of drug-likeness (QED) is 0.731. The Hall–Kier alpha value is -1.20. The Labute approximate surface area is 140 Å². The third-order valence-corrected chi connectivity index (χ3v) is 7.70. The van der Waals surface area contributed by atoms with Gasteiger partial charge in [0, 0.05) is 0 Å². The van der Waals surface area contributed by atoms with Gasteiger partial charge in [-0.2, -0.15) is 0 Å². The summed E-state index contributed by atoms with van der Waals surface area (Å²) in [5, 5.41) is 11.1.